The maximum absolute atomic E-state index is 13.0. The van der Waals surface area contributed by atoms with Crippen molar-refractivity contribution in [2.75, 3.05) is 0 Å². The molecule has 0 spiro atoms. The molecule has 3 aliphatic rings. The van der Waals surface area contributed by atoms with E-state index in [-0.39, 0.29) is 17.2 Å². The highest BCUT2D eigenvalue weighted by Crippen LogP contribution is 2.42. The van der Waals surface area contributed by atoms with Crippen molar-refractivity contribution in [2.24, 2.45) is 5.41 Å². The number of fused-ring (bicyclic) bond motifs is 2. The first kappa shape index (κ1) is 24.9. The van der Waals surface area contributed by atoms with Crippen molar-refractivity contribution in [2.45, 2.75) is 122 Å². The van der Waals surface area contributed by atoms with Gasteiger partial charge in [-0.15, -0.1) is 20.4 Å². The molecule has 10 nitrogen and oxygen atoms in total. The molecule has 2 aromatic rings. The molecule has 196 valence electrons. The molecule has 2 aliphatic heterocycles. The van der Waals surface area contributed by atoms with Crippen LogP contribution >= 0.6 is 0 Å². The monoisotopic (exact) mass is 496 g/mol. The van der Waals surface area contributed by atoms with E-state index in [0.29, 0.717) is 25.9 Å². The van der Waals surface area contributed by atoms with Gasteiger partial charge in [-0.1, -0.05) is 32.1 Å². The standard InChI is InChI=1S/C26H40N8O2/c35-24(27-18-22-31-29-20-10-4-1-8-14-33(20)22)16-26(12-6-3-7-13-26)17-25(36)28-19-23-32-30-21-11-5-2-9-15-34(21)23/h1-19H2,(H,27,35)(H,28,36). The van der Waals surface area contributed by atoms with E-state index in [4.69, 9.17) is 0 Å². The first-order chi connectivity index (χ1) is 17.6. The second kappa shape index (κ2) is 11.5. The van der Waals surface area contributed by atoms with Gasteiger partial charge in [-0.2, -0.15) is 0 Å². The number of amides is 2. The maximum Gasteiger partial charge on any atom is 0.220 e. The number of hydrogen-bond donors (Lipinski definition) is 2. The number of hydrogen-bond acceptors (Lipinski definition) is 6. The van der Waals surface area contributed by atoms with Crippen molar-refractivity contribution < 1.29 is 9.59 Å². The van der Waals surface area contributed by atoms with Gasteiger partial charge >= 0.3 is 0 Å². The van der Waals surface area contributed by atoms with E-state index in [1.54, 1.807) is 0 Å². The van der Waals surface area contributed by atoms with Gasteiger partial charge in [0.05, 0.1) is 13.1 Å². The number of nitrogens with zero attached hydrogens (tertiary/aromatic N) is 6. The molecule has 1 aliphatic carbocycles. The fourth-order valence-corrected chi connectivity index (χ4v) is 6.23. The third kappa shape index (κ3) is 5.95. The van der Waals surface area contributed by atoms with E-state index in [2.05, 4.69) is 40.2 Å². The minimum Gasteiger partial charge on any atom is -0.349 e. The Bertz CT molecular complexity index is 976. The topological polar surface area (TPSA) is 120 Å². The van der Waals surface area contributed by atoms with Crippen molar-refractivity contribution in [1.29, 1.82) is 0 Å². The SMILES string of the molecule is O=C(CC1(CC(=O)NCc2nnc3n2CCCCC3)CCCCC1)NCc1nnc2n1CCCCC2. The molecule has 4 heterocycles. The smallest absolute Gasteiger partial charge is 0.220 e. The highest BCUT2D eigenvalue weighted by Gasteiger charge is 2.36. The molecule has 0 saturated heterocycles. The van der Waals surface area contributed by atoms with Gasteiger partial charge in [0.25, 0.3) is 0 Å². The predicted octanol–water partition coefficient (Wildman–Crippen LogP) is 2.99. The molecule has 2 N–H and O–H groups in total. The van der Waals surface area contributed by atoms with Crippen LogP contribution in [-0.2, 0) is 48.6 Å². The van der Waals surface area contributed by atoms with Crippen LogP contribution in [0.5, 0.6) is 0 Å². The van der Waals surface area contributed by atoms with E-state index >= 15 is 0 Å². The summed E-state index contributed by atoms with van der Waals surface area (Å²) >= 11 is 0. The van der Waals surface area contributed by atoms with E-state index < -0.39 is 0 Å². The van der Waals surface area contributed by atoms with Crippen molar-refractivity contribution in [3.63, 3.8) is 0 Å². The van der Waals surface area contributed by atoms with Crippen molar-refractivity contribution in [1.82, 2.24) is 40.2 Å². The molecular weight excluding hydrogens is 456 g/mol. The number of carbonyl (C=O) groups is 2. The molecule has 2 amide bonds. The average Bonchev–Trinajstić information content (AvgIpc) is 3.24. The summed E-state index contributed by atoms with van der Waals surface area (Å²) in [5.41, 5.74) is -0.282. The van der Waals surface area contributed by atoms with Crippen molar-refractivity contribution >= 4 is 11.8 Å². The van der Waals surface area contributed by atoms with Gasteiger partial charge < -0.3 is 19.8 Å². The minimum atomic E-state index is -0.282. The lowest BCUT2D eigenvalue weighted by atomic mass is 9.69. The molecule has 2 aromatic heterocycles. The molecule has 0 radical (unpaired) electrons. The molecular formula is C26H40N8O2. The second-order valence-corrected chi connectivity index (χ2v) is 11.0. The maximum atomic E-state index is 13.0. The molecule has 0 bridgehead atoms. The molecule has 36 heavy (non-hydrogen) atoms. The molecule has 5 rings (SSSR count). The third-order valence-electron chi connectivity index (χ3n) is 8.24. The molecule has 1 saturated carbocycles. The third-order valence-corrected chi connectivity index (χ3v) is 8.24. The fraction of sp³-hybridized carbons (Fsp3) is 0.769. The second-order valence-electron chi connectivity index (χ2n) is 11.0. The summed E-state index contributed by atoms with van der Waals surface area (Å²) in [6, 6.07) is 0. The molecule has 10 heteroatoms. The van der Waals surface area contributed by atoms with Crippen LogP contribution in [-0.4, -0.2) is 41.3 Å². The summed E-state index contributed by atoms with van der Waals surface area (Å²) in [7, 11) is 0. The van der Waals surface area contributed by atoms with Crippen LogP contribution in [0.1, 0.15) is 107 Å². The molecule has 1 fully saturated rings. The van der Waals surface area contributed by atoms with E-state index in [0.717, 1.165) is 101 Å². The zero-order chi connectivity index (χ0) is 24.8. The predicted molar refractivity (Wildman–Crippen MR) is 134 cm³/mol. The Kier molecular flexibility index (Phi) is 7.96. The van der Waals surface area contributed by atoms with E-state index in [1.807, 2.05) is 0 Å². The Morgan fingerprint density at radius 2 is 1.11 bits per heavy atom. The van der Waals surface area contributed by atoms with Gasteiger partial charge in [0.1, 0.15) is 11.6 Å². The Balaban J connectivity index is 1.16. The first-order valence-electron chi connectivity index (χ1n) is 14.0. The van der Waals surface area contributed by atoms with Gasteiger partial charge in [0.15, 0.2) is 11.6 Å². The average molecular weight is 497 g/mol. The number of aromatic nitrogens is 6. The highest BCUT2D eigenvalue weighted by molar-refractivity contribution is 5.80. The lowest BCUT2D eigenvalue weighted by Crippen LogP contribution is -2.38. The molecule has 0 atom stereocenters. The molecule has 0 unspecified atom stereocenters. The Morgan fingerprint density at radius 1 is 0.639 bits per heavy atom. The molecule has 0 aromatic carbocycles. The Morgan fingerprint density at radius 3 is 1.61 bits per heavy atom. The lowest BCUT2D eigenvalue weighted by Gasteiger charge is -2.36. The normalized spacial score (nSPS) is 19.4. The van der Waals surface area contributed by atoms with Crippen LogP contribution in [0.15, 0.2) is 0 Å². The van der Waals surface area contributed by atoms with Crippen LogP contribution in [0.4, 0.5) is 0 Å². The summed E-state index contributed by atoms with van der Waals surface area (Å²) in [5, 5.41) is 23.5. The highest BCUT2D eigenvalue weighted by atomic mass is 16.2. The zero-order valence-corrected chi connectivity index (χ0v) is 21.4. The van der Waals surface area contributed by atoms with Gasteiger partial charge in [0.2, 0.25) is 11.8 Å². The Labute approximate surface area is 213 Å². The largest absolute Gasteiger partial charge is 0.349 e. The van der Waals surface area contributed by atoms with Crippen molar-refractivity contribution in [3.8, 4) is 0 Å². The van der Waals surface area contributed by atoms with Gasteiger partial charge in [-0.3, -0.25) is 9.59 Å². The summed E-state index contributed by atoms with van der Waals surface area (Å²) in [5.74, 6) is 3.73. The summed E-state index contributed by atoms with van der Waals surface area (Å²) in [4.78, 5) is 26.1. The fourth-order valence-electron chi connectivity index (χ4n) is 6.23. The zero-order valence-electron chi connectivity index (χ0n) is 21.4. The van der Waals surface area contributed by atoms with Gasteiger partial charge in [0, 0.05) is 38.8 Å². The number of rotatable bonds is 8. The summed E-state index contributed by atoms with van der Waals surface area (Å²) < 4.78 is 4.34. The first-order valence-corrected chi connectivity index (χ1v) is 14.0. The Hall–Kier alpha value is -2.78. The number of nitrogens with one attached hydrogen (secondary N) is 2. The van der Waals surface area contributed by atoms with Crippen LogP contribution < -0.4 is 10.6 Å². The van der Waals surface area contributed by atoms with Crippen LogP contribution in [0, 0.1) is 5.41 Å². The van der Waals surface area contributed by atoms with Crippen LogP contribution in [0.3, 0.4) is 0 Å². The van der Waals surface area contributed by atoms with Crippen LogP contribution in [0.2, 0.25) is 0 Å². The van der Waals surface area contributed by atoms with Crippen molar-refractivity contribution in [3.05, 3.63) is 23.3 Å². The van der Waals surface area contributed by atoms with E-state index in [1.165, 1.54) is 19.3 Å². The lowest BCUT2D eigenvalue weighted by molar-refractivity contribution is -0.128. The number of aryl methyl sites for hydroxylation is 2. The van der Waals surface area contributed by atoms with E-state index in [9.17, 15) is 9.59 Å². The number of carbonyl (C=O) groups excluding carboxylic acids is 2. The quantitative estimate of drug-likeness (QED) is 0.580. The van der Waals surface area contributed by atoms with Gasteiger partial charge in [-0.25, -0.2) is 0 Å². The minimum absolute atomic E-state index is 0.00144. The van der Waals surface area contributed by atoms with Gasteiger partial charge in [-0.05, 0) is 43.9 Å². The summed E-state index contributed by atoms with van der Waals surface area (Å²) in [6.07, 6.45) is 14.8. The van der Waals surface area contributed by atoms with Crippen LogP contribution in [0.25, 0.3) is 0 Å². The summed E-state index contributed by atoms with van der Waals surface area (Å²) in [6.45, 7) is 2.64.